The Morgan fingerprint density at radius 1 is 1.22 bits per heavy atom. The highest BCUT2D eigenvalue weighted by Crippen LogP contribution is 2.30. The van der Waals surface area contributed by atoms with Crippen molar-refractivity contribution in [2.24, 2.45) is 0 Å². The van der Waals surface area contributed by atoms with Gasteiger partial charge in [0.25, 0.3) is 5.56 Å². The molecule has 27 heavy (non-hydrogen) atoms. The van der Waals surface area contributed by atoms with E-state index in [-0.39, 0.29) is 18.2 Å². The Bertz CT molecular complexity index is 1070. The molecular formula is C19H20N4O4. The summed E-state index contributed by atoms with van der Waals surface area (Å²) in [6.07, 6.45) is 1.50. The molecule has 1 aliphatic heterocycles. The third-order valence-corrected chi connectivity index (χ3v) is 5.09. The van der Waals surface area contributed by atoms with Gasteiger partial charge in [0.2, 0.25) is 5.91 Å². The Labute approximate surface area is 154 Å². The number of likely N-dealkylation sites (tertiary alicyclic amines) is 1. The monoisotopic (exact) mass is 368 g/mol. The lowest BCUT2D eigenvalue weighted by molar-refractivity contribution is -0.131. The third-order valence-electron chi connectivity index (χ3n) is 5.09. The number of hydrogen-bond acceptors (Lipinski definition) is 5. The van der Waals surface area contributed by atoms with Crippen molar-refractivity contribution in [3.05, 3.63) is 62.3 Å². The number of carbonyl (C=O) groups is 1. The van der Waals surface area contributed by atoms with Gasteiger partial charge in [-0.05, 0) is 31.9 Å². The van der Waals surface area contributed by atoms with Crippen LogP contribution < -0.4 is 11.2 Å². The van der Waals surface area contributed by atoms with E-state index in [0.717, 1.165) is 29.8 Å². The number of piperidine rings is 1. The standard InChI is InChI=1S/C19H20N4O4/c1-11-13(17(25)22-19(26)20-11)10-16(24)23-8-6-12(7-9-23)18-21-14-4-2-3-5-15(14)27-18/h2-5,12H,6-10H2,1H3,(H2,20,22,25,26). The molecule has 0 radical (unpaired) electrons. The second-order valence-corrected chi connectivity index (χ2v) is 6.86. The summed E-state index contributed by atoms with van der Waals surface area (Å²) >= 11 is 0. The number of hydrogen-bond donors (Lipinski definition) is 2. The molecule has 2 aromatic heterocycles. The minimum Gasteiger partial charge on any atom is -0.440 e. The highest BCUT2D eigenvalue weighted by Gasteiger charge is 2.27. The van der Waals surface area contributed by atoms with Crippen LogP contribution in [0.1, 0.15) is 35.9 Å². The second-order valence-electron chi connectivity index (χ2n) is 6.86. The summed E-state index contributed by atoms with van der Waals surface area (Å²) in [6.45, 7) is 2.80. The van der Waals surface area contributed by atoms with Gasteiger partial charge in [-0.25, -0.2) is 9.78 Å². The Morgan fingerprint density at radius 3 is 2.67 bits per heavy atom. The van der Waals surface area contributed by atoms with Crippen LogP contribution in [0.15, 0.2) is 38.3 Å². The van der Waals surface area contributed by atoms with Crippen molar-refractivity contribution in [3.8, 4) is 0 Å². The van der Waals surface area contributed by atoms with Gasteiger partial charge in [0.1, 0.15) is 5.52 Å². The molecule has 140 valence electrons. The van der Waals surface area contributed by atoms with Gasteiger partial charge in [-0.3, -0.25) is 14.6 Å². The van der Waals surface area contributed by atoms with E-state index in [2.05, 4.69) is 15.0 Å². The zero-order valence-corrected chi connectivity index (χ0v) is 14.9. The van der Waals surface area contributed by atoms with Crippen molar-refractivity contribution in [3.63, 3.8) is 0 Å². The summed E-state index contributed by atoms with van der Waals surface area (Å²) in [5.41, 5.74) is 1.29. The largest absolute Gasteiger partial charge is 0.440 e. The minimum atomic E-state index is -0.562. The maximum atomic E-state index is 12.6. The van der Waals surface area contributed by atoms with Gasteiger partial charge in [-0.15, -0.1) is 0 Å². The highest BCUT2D eigenvalue weighted by atomic mass is 16.3. The average Bonchev–Trinajstić information content (AvgIpc) is 3.09. The number of nitrogens with one attached hydrogen (secondary N) is 2. The second kappa shape index (κ2) is 6.86. The third kappa shape index (κ3) is 3.42. The number of benzene rings is 1. The molecule has 0 bridgehead atoms. The molecule has 3 heterocycles. The number of aromatic nitrogens is 3. The Hall–Kier alpha value is -3.16. The first-order chi connectivity index (χ1) is 13.0. The van der Waals surface area contributed by atoms with Crippen LogP contribution in [-0.2, 0) is 11.2 Å². The normalized spacial score (nSPS) is 15.4. The van der Waals surface area contributed by atoms with Crippen molar-refractivity contribution in [1.82, 2.24) is 19.9 Å². The molecule has 8 heteroatoms. The predicted molar refractivity (Wildman–Crippen MR) is 98.7 cm³/mol. The van der Waals surface area contributed by atoms with E-state index in [4.69, 9.17) is 4.42 Å². The quantitative estimate of drug-likeness (QED) is 0.727. The molecule has 1 fully saturated rings. The van der Waals surface area contributed by atoms with Crippen LogP contribution in [0.2, 0.25) is 0 Å². The molecule has 2 N–H and O–H groups in total. The Morgan fingerprint density at radius 2 is 1.96 bits per heavy atom. The number of carbonyl (C=O) groups excluding carboxylic acids is 1. The SMILES string of the molecule is Cc1[nH]c(=O)[nH]c(=O)c1CC(=O)N1CCC(c2nc3ccccc3o2)CC1. The summed E-state index contributed by atoms with van der Waals surface area (Å²) in [5, 5.41) is 0. The molecule has 3 aromatic rings. The smallest absolute Gasteiger partial charge is 0.325 e. The first-order valence-electron chi connectivity index (χ1n) is 8.96. The van der Waals surface area contributed by atoms with Crippen molar-refractivity contribution < 1.29 is 9.21 Å². The molecule has 1 aliphatic rings. The maximum absolute atomic E-state index is 12.6. The summed E-state index contributed by atoms with van der Waals surface area (Å²) in [6, 6.07) is 7.66. The van der Waals surface area contributed by atoms with E-state index in [1.54, 1.807) is 11.8 Å². The molecule has 1 aromatic carbocycles. The highest BCUT2D eigenvalue weighted by molar-refractivity contribution is 5.79. The van der Waals surface area contributed by atoms with Crippen molar-refractivity contribution in [1.29, 1.82) is 0 Å². The molecule has 1 saturated heterocycles. The number of oxazole rings is 1. The van der Waals surface area contributed by atoms with Gasteiger partial charge in [-0.1, -0.05) is 12.1 Å². The molecule has 0 saturated carbocycles. The molecular weight excluding hydrogens is 348 g/mol. The van der Waals surface area contributed by atoms with Gasteiger partial charge >= 0.3 is 5.69 Å². The van der Waals surface area contributed by atoms with E-state index in [1.165, 1.54) is 0 Å². The zero-order valence-electron chi connectivity index (χ0n) is 14.9. The molecule has 0 unspecified atom stereocenters. The first kappa shape index (κ1) is 17.3. The molecule has 0 aliphatic carbocycles. The molecule has 0 spiro atoms. The average molecular weight is 368 g/mol. The molecule has 8 nitrogen and oxygen atoms in total. The van der Waals surface area contributed by atoms with E-state index in [0.29, 0.717) is 24.3 Å². The van der Waals surface area contributed by atoms with Crippen LogP contribution in [0.3, 0.4) is 0 Å². The van der Waals surface area contributed by atoms with Crippen LogP contribution in [0, 0.1) is 6.92 Å². The van der Waals surface area contributed by atoms with Crippen LogP contribution in [0.25, 0.3) is 11.1 Å². The predicted octanol–water partition coefficient (Wildman–Crippen LogP) is 1.46. The number of rotatable bonds is 3. The van der Waals surface area contributed by atoms with Crippen LogP contribution in [0.4, 0.5) is 0 Å². The number of fused-ring (bicyclic) bond motifs is 1. The van der Waals surface area contributed by atoms with E-state index >= 15 is 0 Å². The van der Waals surface area contributed by atoms with Crippen molar-refractivity contribution >= 4 is 17.0 Å². The van der Waals surface area contributed by atoms with Gasteiger partial charge < -0.3 is 14.3 Å². The lowest BCUT2D eigenvalue weighted by atomic mass is 9.96. The minimum absolute atomic E-state index is 0.0223. The topological polar surface area (TPSA) is 112 Å². The number of aromatic amines is 2. The summed E-state index contributed by atoms with van der Waals surface area (Å²) < 4.78 is 5.85. The maximum Gasteiger partial charge on any atom is 0.325 e. The molecule has 1 amide bonds. The number of nitrogens with zero attached hydrogens (tertiary/aromatic N) is 2. The fraction of sp³-hybridized carbons (Fsp3) is 0.368. The van der Waals surface area contributed by atoms with Gasteiger partial charge in [0, 0.05) is 30.3 Å². The van der Waals surface area contributed by atoms with E-state index in [9.17, 15) is 14.4 Å². The van der Waals surface area contributed by atoms with E-state index in [1.807, 2.05) is 24.3 Å². The Balaban J connectivity index is 1.42. The molecule has 4 rings (SSSR count). The summed E-state index contributed by atoms with van der Waals surface area (Å²) in [4.78, 5) is 46.8. The number of amides is 1. The number of para-hydroxylation sites is 2. The Kier molecular flexibility index (Phi) is 4.39. The first-order valence-corrected chi connectivity index (χ1v) is 8.96. The lowest BCUT2D eigenvalue weighted by Gasteiger charge is -2.30. The van der Waals surface area contributed by atoms with Crippen molar-refractivity contribution in [2.45, 2.75) is 32.1 Å². The lowest BCUT2D eigenvalue weighted by Crippen LogP contribution is -2.40. The van der Waals surface area contributed by atoms with Crippen LogP contribution in [-0.4, -0.2) is 38.8 Å². The van der Waals surface area contributed by atoms with Crippen LogP contribution >= 0.6 is 0 Å². The van der Waals surface area contributed by atoms with Crippen molar-refractivity contribution in [2.75, 3.05) is 13.1 Å². The van der Waals surface area contributed by atoms with E-state index < -0.39 is 11.2 Å². The summed E-state index contributed by atoms with van der Waals surface area (Å²) in [5.74, 6) is 0.780. The molecule has 0 atom stereocenters. The van der Waals surface area contributed by atoms with Crippen LogP contribution in [0.5, 0.6) is 0 Å². The van der Waals surface area contributed by atoms with Gasteiger partial charge in [0.15, 0.2) is 11.5 Å². The fourth-order valence-corrected chi connectivity index (χ4v) is 3.54. The van der Waals surface area contributed by atoms with Gasteiger partial charge in [0.05, 0.1) is 6.42 Å². The summed E-state index contributed by atoms with van der Waals surface area (Å²) in [7, 11) is 0. The van der Waals surface area contributed by atoms with Gasteiger partial charge in [-0.2, -0.15) is 0 Å². The zero-order chi connectivity index (χ0) is 19.0. The fourth-order valence-electron chi connectivity index (χ4n) is 3.54. The number of H-pyrrole nitrogens is 2. The number of aryl methyl sites for hydroxylation is 1.